The highest BCUT2D eigenvalue weighted by atomic mass is 19.1. The summed E-state index contributed by atoms with van der Waals surface area (Å²) < 4.78 is 13.7. The maximum Gasteiger partial charge on any atom is 0.321 e. The summed E-state index contributed by atoms with van der Waals surface area (Å²) >= 11 is 0. The molecule has 0 fully saturated rings. The number of benzene rings is 2. The molecule has 3 N–H and O–H groups in total. The van der Waals surface area contributed by atoms with Crippen molar-refractivity contribution in [1.29, 1.82) is 0 Å². The number of hydrogen-bond acceptors (Lipinski definition) is 3. The molecule has 0 aliphatic carbocycles. The molecular formula is C21H26FN3O2. The maximum absolute atomic E-state index is 13.7. The Kier molecular flexibility index (Phi) is 7.95. The Hall–Kier alpha value is -2.73. The SMILES string of the molecule is CCCNC(=O)NC(=O)CN[C@H](c1ccc(CC)cc1)c1cccc(F)c1. The van der Waals surface area contributed by atoms with E-state index in [0.717, 1.165) is 18.4 Å². The van der Waals surface area contributed by atoms with Gasteiger partial charge in [0.05, 0.1) is 12.6 Å². The van der Waals surface area contributed by atoms with Crippen molar-refractivity contribution in [3.05, 3.63) is 71.0 Å². The van der Waals surface area contributed by atoms with Crippen molar-refractivity contribution in [3.63, 3.8) is 0 Å². The van der Waals surface area contributed by atoms with Crippen LogP contribution in [0.3, 0.4) is 0 Å². The van der Waals surface area contributed by atoms with Crippen LogP contribution in [-0.2, 0) is 11.2 Å². The number of carbonyl (C=O) groups is 2. The molecule has 2 aromatic carbocycles. The number of halogens is 1. The summed E-state index contributed by atoms with van der Waals surface area (Å²) in [7, 11) is 0. The number of hydrogen-bond donors (Lipinski definition) is 3. The van der Waals surface area contributed by atoms with E-state index in [1.165, 1.54) is 17.7 Å². The molecule has 0 saturated carbocycles. The molecule has 0 bridgehead atoms. The van der Waals surface area contributed by atoms with Gasteiger partial charge in [-0.05, 0) is 41.7 Å². The predicted molar refractivity (Wildman–Crippen MR) is 104 cm³/mol. The monoisotopic (exact) mass is 371 g/mol. The second-order valence-electron chi connectivity index (χ2n) is 6.27. The fraction of sp³-hybridized carbons (Fsp3) is 0.333. The Morgan fingerprint density at radius 2 is 1.78 bits per heavy atom. The molecule has 5 nitrogen and oxygen atoms in total. The molecule has 0 aliphatic heterocycles. The van der Waals surface area contributed by atoms with Crippen LogP contribution in [0.25, 0.3) is 0 Å². The van der Waals surface area contributed by atoms with Gasteiger partial charge in [0.25, 0.3) is 0 Å². The summed E-state index contributed by atoms with van der Waals surface area (Å²) in [5.41, 5.74) is 2.82. The van der Waals surface area contributed by atoms with Gasteiger partial charge in [0, 0.05) is 6.54 Å². The molecule has 1 atom stereocenters. The minimum Gasteiger partial charge on any atom is -0.338 e. The van der Waals surface area contributed by atoms with Crippen molar-refractivity contribution in [3.8, 4) is 0 Å². The van der Waals surface area contributed by atoms with Gasteiger partial charge in [0.2, 0.25) is 5.91 Å². The van der Waals surface area contributed by atoms with E-state index in [1.54, 1.807) is 12.1 Å². The van der Waals surface area contributed by atoms with Crippen LogP contribution in [-0.4, -0.2) is 25.0 Å². The summed E-state index contributed by atoms with van der Waals surface area (Å²) in [4.78, 5) is 23.6. The normalized spacial score (nSPS) is 11.7. The van der Waals surface area contributed by atoms with Gasteiger partial charge >= 0.3 is 6.03 Å². The summed E-state index contributed by atoms with van der Waals surface area (Å²) in [6.07, 6.45) is 1.71. The zero-order valence-electron chi connectivity index (χ0n) is 15.7. The number of nitrogens with one attached hydrogen (secondary N) is 3. The molecule has 0 heterocycles. The zero-order valence-corrected chi connectivity index (χ0v) is 15.7. The average molecular weight is 371 g/mol. The number of rotatable bonds is 8. The molecule has 0 radical (unpaired) electrons. The van der Waals surface area contributed by atoms with E-state index in [-0.39, 0.29) is 18.4 Å². The number of carbonyl (C=O) groups excluding carboxylic acids is 2. The Bertz CT molecular complexity index is 762. The van der Waals surface area contributed by atoms with Gasteiger partial charge in [0.1, 0.15) is 5.82 Å². The van der Waals surface area contributed by atoms with Crippen molar-refractivity contribution < 1.29 is 14.0 Å². The molecular weight excluding hydrogens is 345 g/mol. The largest absolute Gasteiger partial charge is 0.338 e. The van der Waals surface area contributed by atoms with Gasteiger partial charge in [0.15, 0.2) is 0 Å². The van der Waals surface area contributed by atoms with Gasteiger partial charge < -0.3 is 5.32 Å². The van der Waals surface area contributed by atoms with Crippen LogP contribution in [0.5, 0.6) is 0 Å². The number of amides is 3. The molecule has 0 unspecified atom stereocenters. The number of aryl methyl sites for hydroxylation is 1. The van der Waals surface area contributed by atoms with Crippen molar-refractivity contribution in [2.75, 3.05) is 13.1 Å². The number of urea groups is 1. The van der Waals surface area contributed by atoms with E-state index in [4.69, 9.17) is 0 Å². The van der Waals surface area contributed by atoms with E-state index in [2.05, 4.69) is 22.9 Å². The van der Waals surface area contributed by atoms with Crippen molar-refractivity contribution in [1.82, 2.24) is 16.0 Å². The second-order valence-corrected chi connectivity index (χ2v) is 6.27. The second kappa shape index (κ2) is 10.4. The fourth-order valence-corrected chi connectivity index (χ4v) is 2.71. The van der Waals surface area contributed by atoms with E-state index in [0.29, 0.717) is 12.1 Å². The molecule has 144 valence electrons. The Labute approximate surface area is 159 Å². The molecule has 6 heteroatoms. The molecule has 2 rings (SSSR count). The lowest BCUT2D eigenvalue weighted by Gasteiger charge is -2.20. The summed E-state index contributed by atoms with van der Waals surface area (Å²) in [5, 5.41) is 7.98. The van der Waals surface area contributed by atoms with Gasteiger partial charge in [-0.3, -0.25) is 15.4 Å². The molecule has 0 spiro atoms. The van der Waals surface area contributed by atoms with Gasteiger partial charge in [-0.1, -0.05) is 50.2 Å². The molecule has 27 heavy (non-hydrogen) atoms. The lowest BCUT2D eigenvalue weighted by molar-refractivity contribution is -0.119. The molecule has 0 aliphatic rings. The number of imide groups is 1. The minimum absolute atomic E-state index is 0.0732. The van der Waals surface area contributed by atoms with Crippen LogP contribution in [0.1, 0.15) is 43.0 Å². The molecule has 3 amide bonds. The molecule has 0 saturated heterocycles. The lowest BCUT2D eigenvalue weighted by atomic mass is 9.97. The Morgan fingerprint density at radius 1 is 1.04 bits per heavy atom. The highest BCUT2D eigenvalue weighted by Gasteiger charge is 2.16. The third-order valence-electron chi connectivity index (χ3n) is 4.16. The Morgan fingerprint density at radius 3 is 2.41 bits per heavy atom. The van der Waals surface area contributed by atoms with E-state index in [1.807, 2.05) is 31.2 Å². The quantitative estimate of drug-likeness (QED) is 0.667. The zero-order chi connectivity index (χ0) is 19.6. The first-order valence-electron chi connectivity index (χ1n) is 9.18. The molecule has 0 aromatic heterocycles. The molecule has 2 aromatic rings. The van der Waals surface area contributed by atoms with E-state index < -0.39 is 11.9 Å². The van der Waals surface area contributed by atoms with Crippen LogP contribution in [0, 0.1) is 5.82 Å². The first kappa shape index (κ1) is 20.6. The van der Waals surface area contributed by atoms with Crippen LogP contribution >= 0.6 is 0 Å². The van der Waals surface area contributed by atoms with Crippen molar-refractivity contribution in [2.45, 2.75) is 32.7 Å². The first-order chi connectivity index (χ1) is 13.0. The smallest absolute Gasteiger partial charge is 0.321 e. The lowest BCUT2D eigenvalue weighted by Crippen LogP contribution is -2.44. The standard InChI is InChI=1S/C21H26FN3O2/c1-3-12-23-21(27)25-19(26)14-24-20(17-6-5-7-18(22)13-17)16-10-8-15(4-2)9-11-16/h5-11,13,20,24H,3-4,12,14H2,1-2H3,(H2,23,25,26,27)/t20-/m1/s1. The highest BCUT2D eigenvalue weighted by molar-refractivity contribution is 5.95. The first-order valence-corrected chi connectivity index (χ1v) is 9.18. The topological polar surface area (TPSA) is 70.2 Å². The van der Waals surface area contributed by atoms with Crippen molar-refractivity contribution in [2.24, 2.45) is 0 Å². The minimum atomic E-state index is -0.516. The summed E-state index contributed by atoms with van der Waals surface area (Å²) in [6.45, 7) is 4.43. The van der Waals surface area contributed by atoms with Gasteiger partial charge in [-0.25, -0.2) is 9.18 Å². The van der Waals surface area contributed by atoms with Crippen LogP contribution in [0.4, 0.5) is 9.18 Å². The maximum atomic E-state index is 13.7. The highest BCUT2D eigenvalue weighted by Crippen LogP contribution is 2.23. The van der Waals surface area contributed by atoms with Gasteiger partial charge in [-0.15, -0.1) is 0 Å². The van der Waals surface area contributed by atoms with E-state index in [9.17, 15) is 14.0 Å². The average Bonchev–Trinajstić information content (AvgIpc) is 2.67. The Balaban J connectivity index is 2.10. The third kappa shape index (κ3) is 6.49. The third-order valence-corrected chi connectivity index (χ3v) is 4.16. The fourth-order valence-electron chi connectivity index (χ4n) is 2.71. The summed E-state index contributed by atoms with van der Waals surface area (Å²) in [6, 6.07) is 13.3. The van der Waals surface area contributed by atoms with Gasteiger partial charge in [-0.2, -0.15) is 0 Å². The van der Waals surface area contributed by atoms with Crippen LogP contribution in [0.15, 0.2) is 48.5 Å². The van der Waals surface area contributed by atoms with Crippen LogP contribution in [0.2, 0.25) is 0 Å². The van der Waals surface area contributed by atoms with Crippen molar-refractivity contribution >= 4 is 11.9 Å². The summed E-state index contributed by atoms with van der Waals surface area (Å²) in [5.74, 6) is -0.789. The van der Waals surface area contributed by atoms with E-state index >= 15 is 0 Å². The predicted octanol–water partition coefficient (Wildman–Crippen LogP) is 3.30. The van der Waals surface area contributed by atoms with Crippen LogP contribution < -0.4 is 16.0 Å².